The lowest BCUT2D eigenvalue weighted by molar-refractivity contribution is -0.124. The van der Waals surface area contributed by atoms with Crippen LogP contribution in [0.1, 0.15) is 22.5 Å². The second-order valence-electron chi connectivity index (χ2n) is 6.35. The number of ether oxygens (including phenoxy) is 1. The Balaban J connectivity index is 1.59. The highest BCUT2D eigenvalue weighted by atomic mass is 19.1. The molecule has 1 amide bonds. The Morgan fingerprint density at radius 2 is 2.20 bits per heavy atom. The van der Waals surface area contributed by atoms with Crippen molar-refractivity contribution in [2.45, 2.75) is 33.1 Å². The molecule has 0 saturated heterocycles. The molecule has 1 N–H and O–H groups in total. The van der Waals surface area contributed by atoms with Crippen molar-refractivity contribution in [3.05, 3.63) is 52.6 Å². The molecule has 6 nitrogen and oxygen atoms in total. The van der Waals surface area contributed by atoms with E-state index in [1.54, 1.807) is 6.92 Å². The number of amides is 1. The first kappa shape index (κ1) is 17.6. The van der Waals surface area contributed by atoms with Gasteiger partial charge in [0.05, 0.1) is 24.5 Å². The maximum atomic E-state index is 13.4. The van der Waals surface area contributed by atoms with Crippen LogP contribution in [-0.2, 0) is 35.7 Å². The molecule has 3 rings (SSSR count). The third-order valence-corrected chi connectivity index (χ3v) is 4.30. The second kappa shape index (κ2) is 7.76. The van der Waals surface area contributed by atoms with Crippen LogP contribution in [0.3, 0.4) is 0 Å². The van der Waals surface area contributed by atoms with Crippen LogP contribution in [-0.4, -0.2) is 40.8 Å². The van der Waals surface area contributed by atoms with E-state index in [1.165, 1.54) is 13.2 Å². The smallest absolute Gasteiger partial charge is 0.246 e. The first-order valence-electron chi connectivity index (χ1n) is 8.34. The summed E-state index contributed by atoms with van der Waals surface area (Å²) in [6, 6.07) is 7.29. The average Bonchev–Trinajstić information content (AvgIpc) is 2.99. The molecule has 0 saturated carbocycles. The molecule has 0 radical (unpaired) electrons. The van der Waals surface area contributed by atoms with E-state index in [0.717, 1.165) is 43.1 Å². The van der Waals surface area contributed by atoms with Gasteiger partial charge in [-0.15, -0.1) is 0 Å². The number of carbonyl (C=O) groups excluding carboxylic acids is 1. The van der Waals surface area contributed by atoms with Crippen molar-refractivity contribution >= 4 is 5.91 Å². The first-order valence-corrected chi connectivity index (χ1v) is 8.34. The topological polar surface area (TPSA) is 59.4 Å². The Bertz CT molecular complexity index is 760. The van der Waals surface area contributed by atoms with E-state index in [4.69, 9.17) is 4.74 Å². The third-order valence-electron chi connectivity index (χ3n) is 4.30. The molecule has 0 aliphatic carbocycles. The largest absolute Gasteiger partial charge is 0.375 e. The summed E-state index contributed by atoms with van der Waals surface area (Å²) in [6.07, 6.45) is 0. The molecule has 0 atom stereocenters. The highest BCUT2D eigenvalue weighted by Gasteiger charge is 2.19. The maximum Gasteiger partial charge on any atom is 0.246 e. The lowest BCUT2D eigenvalue weighted by Crippen LogP contribution is -2.33. The van der Waals surface area contributed by atoms with Gasteiger partial charge in [0.1, 0.15) is 12.4 Å². The van der Waals surface area contributed by atoms with Crippen LogP contribution in [0.2, 0.25) is 0 Å². The van der Waals surface area contributed by atoms with Crippen LogP contribution >= 0.6 is 0 Å². The summed E-state index contributed by atoms with van der Waals surface area (Å²) in [6.45, 7) is 5.51. The van der Waals surface area contributed by atoms with Gasteiger partial charge < -0.3 is 10.1 Å². The van der Waals surface area contributed by atoms with Gasteiger partial charge in [-0.3, -0.25) is 14.4 Å². The van der Waals surface area contributed by atoms with Crippen LogP contribution in [0, 0.1) is 12.7 Å². The maximum absolute atomic E-state index is 13.4. The first-order chi connectivity index (χ1) is 12.0. The molecule has 1 aliphatic rings. The molecule has 0 unspecified atom stereocenters. The average molecular weight is 346 g/mol. The van der Waals surface area contributed by atoms with Crippen LogP contribution in [0.15, 0.2) is 24.3 Å². The minimum atomic E-state index is -0.166. The second-order valence-corrected chi connectivity index (χ2v) is 6.35. The summed E-state index contributed by atoms with van der Waals surface area (Å²) in [5.74, 6) is -0.317. The number of hydrogen-bond acceptors (Lipinski definition) is 4. The summed E-state index contributed by atoms with van der Waals surface area (Å²) in [7, 11) is 1.49. The summed E-state index contributed by atoms with van der Waals surface area (Å²) < 4.78 is 20.2. The van der Waals surface area contributed by atoms with E-state index in [0.29, 0.717) is 12.1 Å². The number of benzene rings is 1. The van der Waals surface area contributed by atoms with Crippen LogP contribution in [0.4, 0.5) is 4.39 Å². The lowest BCUT2D eigenvalue weighted by atomic mass is 10.1. The molecule has 1 aromatic carbocycles. The zero-order chi connectivity index (χ0) is 17.8. The minimum absolute atomic E-state index is 0.0540. The van der Waals surface area contributed by atoms with Crippen molar-refractivity contribution < 1.29 is 13.9 Å². The molecule has 0 spiro atoms. The van der Waals surface area contributed by atoms with E-state index in [1.807, 2.05) is 22.9 Å². The van der Waals surface area contributed by atoms with Crippen molar-refractivity contribution in [3.8, 4) is 0 Å². The fourth-order valence-corrected chi connectivity index (χ4v) is 3.04. The Labute approximate surface area is 146 Å². The number of carbonyl (C=O) groups is 1. The van der Waals surface area contributed by atoms with Gasteiger partial charge in [0.25, 0.3) is 0 Å². The number of nitrogens with zero attached hydrogens (tertiary/aromatic N) is 3. The Kier molecular flexibility index (Phi) is 5.45. The quantitative estimate of drug-likeness (QED) is 0.863. The van der Waals surface area contributed by atoms with E-state index in [2.05, 4.69) is 15.3 Å². The molecule has 0 bridgehead atoms. The molecular formula is C18H23FN4O2. The minimum Gasteiger partial charge on any atom is -0.375 e. The summed E-state index contributed by atoms with van der Waals surface area (Å²) in [4.78, 5) is 13.8. The van der Waals surface area contributed by atoms with Crippen LogP contribution in [0.25, 0.3) is 0 Å². The van der Waals surface area contributed by atoms with Gasteiger partial charge in [-0.25, -0.2) is 4.39 Å². The molecule has 7 heteroatoms. The van der Waals surface area contributed by atoms with E-state index < -0.39 is 0 Å². The molecule has 134 valence electrons. The fourth-order valence-electron chi connectivity index (χ4n) is 3.04. The standard InChI is InChI=1S/C18H23FN4O2/c1-13-7-14(3-4-17(13)19)10-22-5-6-23-16(11-22)8-15(21-23)9-20-18(24)12-25-2/h3-4,7-8H,5-6,9-12H2,1-2H3,(H,20,24). The number of halogens is 1. The molecular weight excluding hydrogens is 323 g/mol. The van der Waals surface area contributed by atoms with Gasteiger partial charge in [0.15, 0.2) is 0 Å². The molecule has 2 heterocycles. The van der Waals surface area contributed by atoms with Crippen molar-refractivity contribution in [1.29, 1.82) is 0 Å². The molecule has 1 aromatic heterocycles. The number of aromatic nitrogens is 2. The Morgan fingerprint density at radius 3 is 2.96 bits per heavy atom. The predicted octanol–water partition coefficient (Wildman–Crippen LogP) is 1.61. The fraction of sp³-hybridized carbons (Fsp3) is 0.444. The zero-order valence-corrected chi connectivity index (χ0v) is 14.6. The lowest BCUT2D eigenvalue weighted by Gasteiger charge is -2.27. The monoisotopic (exact) mass is 346 g/mol. The van der Waals surface area contributed by atoms with Crippen LogP contribution < -0.4 is 5.32 Å². The molecule has 0 fully saturated rings. The highest BCUT2D eigenvalue weighted by Crippen LogP contribution is 2.17. The summed E-state index contributed by atoms with van der Waals surface area (Å²) in [5, 5.41) is 7.32. The van der Waals surface area contributed by atoms with Gasteiger partial charge >= 0.3 is 0 Å². The highest BCUT2D eigenvalue weighted by molar-refractivity contribution is 5.77. The number of nitrogens with one attached hydrogen (secondary N) is 1. The molecule has 2 aromatic rings. The van der Waals surface area contributed by atoms with E-state index in [-0.39, 0.29) is 18.3 Å². The van der Waals surface area contributed by atoms with E-state index in [9.17, 15) is 9.18 Å². The normalized spacial score (nSPS) is 14.4. The summed E-state index contributed by atoms with van der Waals surface area (Å²) >= 11 is 0. The number of rotatable bonds is 6. The number of aryl methyl sites for hydroxylation is 1. The van der Waals surface area contributed by atoms with Crippen molar-refractivity contribution in [1.82, 2.24) is 20.0 Å². The van der Waals surface area contributed by atoms with Gasteiger partial charge in [0.2, 0.25) is 5.91 Å². The van der Waals surface area contributed by atoms with E-state index >= 15 is 0 Å². The van der Waals surface area contributed by atoms with Crippen molar-refractivity contribution in [2.24, 2.45) is 0 Å². The third kappa shape index (κ3) is 4.43. The van der Waals surface area contributed by atoms with Gasteiger partial charge in [-0.1, -0.05) is 12.1 Å². The number of methoxy groups -OCH3 is 1. The number of hydrogen-bond donors (Lipinski definition) is 1. The van der Waals surface area contributed by atoms with Gasteiger partial charge in [-0.2, -0.15) is 5.10 Å². The Hall–Kier alpha value is -2.25. The number of fused-ring (bicyclic) bond motifs is 1. The SMILES string of the molecule is COCC(=O)NCc1cc2n(n1)CCN(Cc1ccc(F)c(C)c1)C2. The van der Waals surface area contributed by atoms with Gasteiger partial charge in [-0.05, 0) is 30.2 Å². The predicted molar refractivity (Wildman–Crippen MR) is 91.2 cm³/mol. The van der Waals surface area contributed by atoms with Crippen molar-refractivity contribution in [3.63, 3.8) is 0 Å². The van der Waals surface area contributed by atoms with Crippen LogP contribution in [0.5, 0.6) is 0 Å². The van der Waals surface area contributed by atoms with Gasteiger partial charge in [0, 0.05) is 26.7 Å². The Morgan fingerprint density at radius 1 is 1.36 bits per heavy atom. The van der Waals surface area contributed by atoms with Crippen molar-refractivity contribution in [2.75, 3.05) is 20.3 Å². The molecule has 25 heavy (non-hydrogen) atoms. The summed E-state index contributed by atoms with van der Waals surface area (Å²) in [5.41, 5.74) is 3.76. The zero-order valence-electron chi connectivity index (χ0n) is 14.6. The molecule has 1 aliphatic heterocycles.